The van der Waals surface area contributed by atoms with Crippen molar-refractivity contribution in [3.05, 3.63) is 59.7 Å². The number of carbonyl (C=O) groups is 3. The van der Waals surface area contributed by atoms with Crippen molar-refractivity contribution in [2.24, 2.45) is 0 Å². The average molecular weight is 530 g/mol. The molecule has 0 aliphatic carbocycles. The fourth-order valence-corrected chi connectivity index (χ4v) is 3.71. The zero-order valence-corrected chi connectivity index (χ0v) is 22.8. The van der Waals surface area contributed by atoms with Gasteiger partial charge in [-0.25, -0.2) is 9.59 Å². The highest BCUT2D eigenvalue weighted by Gasteiger charge is 2.28. The molecule has 2 aromatic carbocycles. The van der Waals surface area contributed by atoms with Gasteiger partial charge in [0.15, 0.2) is 0 Å². The minimum Gasteiger partial charge on any atom is -0.497 e. The molecule has 208 valence electrons. The van der Waals surface area contributed by atoms with Crippen molar-refractivity contribution in [3.63, 3.8) is 0 Å². The average Bonchev–Trinajstić information content (AvgIpc) is 2.86. The predicted molar refractivity (Wildman–Crippen MR) is 143 cm³/mol. The molecule has 3 N–H and O–H groups in total. The zero-order valence-electron chi connectivity index (χ0n) is 22.8. The highest BCUT2D eigenvalue weighted by atomic mass is 16.6. The molecule has 1 atom stereocenters. The number of ether oxygens (including phenoxy) is 3. The smallest absolute Gasteiger partial charge is 0.408 e. The van der Waals surface area contributed by atoms with E-state index in [4.69, 9.17) is 19.3 Å². The zero-order chi connectivity index (χ0) is 28.1. The van der Waals surface area contributed by atoms with Crippen molar-refractivity contribution in [2.75, 3.05) is 20.8 Å². The molecule has 0 fully saturated rings. The van der Waals surface area contributed by atoms with E-state index in [9.17, 15) is 14.4 Å². The maximum Gasteiger partial charge on any atom is 0.408 e. The van der Waals surface area contributed by atoms with E-state index in [1.54, 1.807) is 39.9 Å². The van der Waals surface area contributed by atoms with Gasteiger partial charge in [-0.2, -0.15) is 0 Å². The number of unbranched alkanes of at least 4 members (excludes halogenated alkanes) is 1. The lowest BCUT2D eigenvalue weighted by Crippen LogP contribution is -2.49. The molecule has 0 saturated carbocycles. The number of alkyl carbamates (subject to hydrolysis) is 1. The van der Waals surface area contributed by atoms with E-state index >= 15 is 0 Å². The SMILES string of the molecule is COc1ccc(CN(Cc2ccc(OC)cc2)C(=O)[C@H](CCCCNC(=O)O)NC(=O)OC(C)(C)C)cc1. The fraction of sp³-hybridized carbons (Fsp3) is 0.464. The molecule has 38 heavy (non-hydrogen) atoms. The first kappa shape index (κ1) is 30.3. The minimum atomic E-state index is -1.10. The number of hydrogen-bond donors (Lipinski definition) is 3. The van der Waals surface area contributed by atoms with E-state index in [2.05, 4.69) is 10.6 Å². The Morgan fingerprint density at radius 2 is 1.37 bits per heavy atom. The molecule has 2 aromatic rings. The number of hydrogen-bond acceptors (Lipinski definition) is 6. The van der Waals surface area contributed by atoms with Crippen molar-refractivity contribution in [2.45, 2.75) is 64.8 Å². The molecular formula is C28H39N3O7. The Hall–Kier alpha value is -3.95. The number of carbonyl (C=O) groups excluding carboxylic acids is 2. The van der Waals surface area contributed by atoms with E-state index in [1.165, 1.54) is 0 Å². The summed E-state index contributed by atoms with van der Waals surface area (Å²) in [5.74, 6) is 1.15. The summed E-state index contributed by atoms with van der Waals surface area (Å²) in [5.41, 5.74) is 1.07. The lowest BCUT2D eigenvalue weighted by molar-refractivity contribution is -0.135. The van der Waals surface area contributed by atoms with Crippen LogP contribution in [0.2, 0.25) is 0 Å². The molecule has 0 bridgehead atoms. The first-order valence-corrected chi connectivity index (χ1v) is 12.5. The number of rotatable bonds is 13. The van der Waals surface area contributed by atoms with Gasteiger partial charge < -0.3 is 34.9 Å². The van der Waals surface area contributed by atoms with Crippen LogP contribution in [0.15, 0.2) is 48.5 Å². The highest BCUT2D eigenvalue weighted by Crippen LogP contribution is 2.19. The van der Waals surface area contributed by atoms with Crippen LogP contribution in [0.5, 0.6) is 11.5 Å². The molecule has 0 heterocycles. The van der Waals surface area contributed by atoms with Crippen LogP contribution in [0.1, 0.15) is 51.2 Å². The summed E-state index contributed by atoms with van der Waals surface area (Å²) in [6.07, 6.45) is -0.432. The molecule has 0 unspecified atom stereocenters. The summed E-state index contributed by atoms with van der Waals surface area (Å²) in [6, 6.07) is 14.0. The number of methoxy groups -OCH3 is 2. The van der Waals surface area contributed by atoms with Crippen molar-refractivity contribution < 1.29 is 33.7 Å². The standard InChI is InChI=1S/C28H39N3O7/c1-28(2,3)38-27(35)30-24(8-6-7-17-29-26(33)34)25(32)31(18-20-9-13-22(36-4)14-10-20)19-21-11-15-23(37-5)16-12-21/h9-16,24,29H,6-8,17-19H2,1-5H3,(H,30,35)(H,33,34)/t24-/m0/s1. The summed E-state index contributed by atoms with van der Waals surface area (Å²) in [7, 11) is 3.18. The van der Waals surface area contributed by atoms with Crippen molar-refractivity contribution in [3.8, 4) is 11.5 Å². The molecule has 2 rings (SSSR count). The molecule has 0 saturated heterocycles. The number of carboxylic acid groups (broad SMARTS) is 1. The van der Waals surface area contributed by atoms with Gasteiger partial charge in [0, 0.05) is 19.6 Å². The second-order valence-corrected chi connectivity index (χ2v) is 9.82. The summed E-state index contributed by atoms with van der Waals surface area (Å²) in [4.78, 5) is 38.9. The third-order valence-corrected chi connectivity index (χ3v) is 5.56. The second-order valence-electron chi connectivity index (χ2n) is 9.82. The monoisotopic (exact) mass is 529 g/mol. The van der Waals surface area contributed by atoms with Gasteiger partial charge in [-0.15, -0.1) is 0 Å². The maximum atomic E-state index is 13.9. The first-order chi connectivity index (χ1) is 18.0. The Kier molecular flexibility index (Phi) is 11.7. The first-order valence-electron chi connectivity index (χ1n) is 12.5. The molecule has 10 nitrogen and oxygen atoms in total. The van der Waals surface area contributed by atoms with Gasteiger partial charge in [0.1, 0.15) is 23.1 Å². The van der Waals surface area contributed by atoms with E-state index in [-0.39, 0.29) is 12.5 Å². The Labute approximate surface area is 224 Å². The lowest BCUT2D eigenvalue weighted by atomic mass is 10.1. The van der Waals surface area contributed by atoms with Gasteiger partial charge in [0.2, 0.25) is 5.91 Å². The molecule has 3 amide bonds. The summed E-state index contributed by atoms with van der Waals surface area (Å²) < 4.78 is 15.9. The molecule has 0 aliphatic heterocycles. The van der Waals surface area contributed by atoms with Crippen LogP contribution < -0.4 is 20.1 Å². The van der Waals surface area contributed by atoms with E-state index in [0.717, 1.165) is 11.1 Å². The second kappa shape index (κ2) is 14.7. The third kappa shape index (κ3) is 11.0. The Morgan fingerprint density at radius 3 is 1.79 bits per heavy atom. The number of amides is 3. The van der Waals surface area contributed by atoms with E-state index < -0.39 is 23.8 Å². The van der Waals surface area contributed by atoms with Crippen molar-refractivity contribution >= 4 is 18.1 Å². The molecule has 0 aliphatic rings. The van der Waals surface area contributed by atoms with Crippen LogP contribution in [-0.2, 0) is 22.6 Å². The normalized spacial score (nSPS) is 11.7. The summed E-state index contributed by atoms with van der Waals surface area (Å²) >= 11 is 0. The molecule has 0 spiro atoms. The van der Waals surface area contributed by atoms with Gasteiger partial charge in [-0.05, 0) is 75.4 Å². The van der Waals surface area contributed by atoms with Crippen LogP contribution in [0, 0.1) is 0 Å². The number of benzene rings is 2. The van der Waals surface area contributed by atoms with Crippen LogP contribution in [0.3, 0.4) is 0 Å². The minimum absolute atomic E-state index is 0.254. The van der Waals surface area contributed by atoms with Crippen LogP contribution in [-0.4, -0.2) is 60.5 Å². The van der Waals surface area contributed by atoms with Gasteiger partial charge >= 0.3 is 12.2 Å². The van der Waals surface area contributed by atoms with Crippen molar-refractivity contribution in [1.82, 2.24) is 15.5 Å². The Bertz CT molecular complexity index is 984. The number of nitrogens with one attached hydrogen (secondary N) is 2. The lowest BCUT2D eigenvalue weighted by Gasteiger charge is -2.29. The quantitative estimate of drug-likeness (QED) is 0.325. The van der Waals surface area contributed by atoms with Crippen molar-refractivity contribution in [1.29, 1.82) is 0 Å². The van der Waals surface area contributed by atoms with Crippen LogP contribution in [0.4, 0.5) is 9.59 Å². The third-order valence-electron chi connectivity index (χ3n) is 5.56. The molecule has 0 radical (unpaired) electrons. The van der Waals surface area contributed by atoms with Gasteiger partial charge in [0.25, 0.3) is 0 Å². The van der Waals surface area contributed by atoms with Gasteiger partial charge in [0.05, 0.1) is 14.2 Å². The Balaban J connectivity index is 2.27. The van der Waals surface area contributed by atoms with E-state index in [1.807, 2.05) is 48.5 Å². The fourth-order valence-electron chi connectivity index (χ4n) is 3.71. The summed E-state index contributed by atoms with van der Waals surface area (Å²) in [6.45, 7) is 6.12. The Morgan fingerprint density at radius 1 is 0.868 bits per heavy atom. The summed E-state index contributed by atoms with van der Waals surface area (Å²) in [5, 5.41) is 13.8. The van der Waals surface area contributed by atoms with Crippen LogP contribution in [0.25, 0.3) is 0 Å². The maximum absolute atomic E-state index is 13.9. The molecule has 10 heteroatoms. The predicted octanol–water partition coefficient (Wildman–Crippen LogP) is 4.56. The van der Waals surface area contributed by atoms with Gasteiger partial charge in [-0.1, -0.05) is 24.3 Å². The number of nitrogens with zero attached hydrogens (tertiary/aromatic N) is 1. The molecular weight excluding hydrogens is 490 g/mol. The topological polar surface area (TPSA) is 126 Å². The van der Waals surface area contributed by atoms with E-state index in [0.29, 0.717) is 43.9 Å². The largest absolute Gasteiger partial charge is 0.497 e. The highest BCUT2D eigenvalue weighted by molar-refractivity contribution is 5.85. The van der Waals surface area contributed by atoms with Gasteiger partial charge in [-0.3, -0.25) is 4.79 Å². The van der Waals surface area contributed by atoms with Crippen LogP contribution >= 0.6 is 0 Å². The molecule has 0 aromatic heterocycles.